The van der Waals surface area contributed by atoms with Crippen molar-refractivity contribution >= 4 is 27.5 Å². The number of imidazole rings is 1. The van der Waals surface area contributed by atoms with Crippen LogP contribution in [0.3, 0.4) is 0 Å². The molecule has 1 aliphatic rings. The van der Waals surface area contributed by atoms with E-state index in [9.17, 15) is 18.3 Å². The zero-order valence-electron chi connectivity index (χ0n) is 21.2. The molecule has 1 amide bonds. The van der Waals surface area contributed by atoms with E-state index in [-0.39, 0.29) is 16.7 Å². The van der Waals surface area contributed by atoms with E-state index in [4.69, 9.17) is 4.74 Å². The molecule has 2 heterocycles. The first-order chi connectivity index (χ1) is 17.5. The monoisotopic (exact) mass is 549 g/mol. The molecular formula is C26H32FN3O5S2. The average Bonchev–Trinajstić information content (AvgIpc) is 3.54. The summed E-state index contributed by atoms with van der Waals surface area (Å²) in [5.41, 5.74) is 0.0377. The van der Waals surface area contributed by atoms with Gasteiger partial charge in [-0.05, 0) is 49.8 Å². The summed E-state index contributed by atoms with van der Waals surface area (Å²) in [6.07, 6.45) is 5.55. The van der Waals surface area contributed by atoms with Crippen molar-refractivity contribution in [3.63, 3.8) is 0 Å². The average molecular weight is 550 g/mol. The number of carbonyl (C=O) groups excluding carboxylic acids is 1. The number of amides is 1. The first-order valence-electron chi connectivity index (χ1n) is 12.3. The molecule has 0 spiro atoms. The number of sulfonamides is 1. The second-order valence-electron chi connectivity index (χ2n) is 10.0. The molecule has 4 rings (SSSR count). The largest absolute Gasteiger partial charge is 0.446 e. The first-order valence-corrected chi connectivity index (χ1v) is 14.6. The Kier molecular flexibility index (Phi) is 8.05. The summed E-state index contributed by atoms with van der Waals surface area (Å²) in [5.74, 6) is 0.554. The van der Waals surface area contributed by atoms with Crippen LogP contribution in [-0.2, 0) is 27.7 Å². The van der Waals surface area contributed by atoms with Gasteiger partial charge in [0, 0.05) is 28.4 Å². The first kappa shape index (κ1) is 27.3. The van der Waals surface area contributed by atoms with Crippen LogP contribution in [0.4, 0.5) is 9.18 Å². The SMILES string of the molecule is Cc1nccn1Cc1ccc(-c2cc(CC(C)C)sc2S(=O)(=O)NC(=O)OCC2(O)CCCC2)cc1F. The molecular weight excluding hydrogens is 517 g/mol. The minimum absolute atomic E-state index is 0.0858. The Bertz CT molecular complexity index is 1370. The lowest BCUT2D eigenvalue weighted by Crippen LogP contribution is -2.37. The molecule has 0 saturated heterocycles. The standard InChI is InChI=1S/C26H32FN3O5S2/c1-17(2)12-21-14-22(19-6-7-20(23(27)13-19)15-30-11-10-28-18(30)3)24(36-21)37(33,34)29-25(31)35-16-26(32)8-4-5-9-26/h6-7,10-11,13-14,17,32H,4-5,8-9,12,15-16H2,1-3H3,(H,29,31). The maximum absolute atomic E-state index is 15.1. The van der Waals surface area contributed by atoms with Crippen molar-refractivity contribution in [1.82, 2.24) is 14.3 Å². The summed E-state index contributed by atoms with van der Waals surface area (Å²) >= 11 is 1.05. The number of thiophene rings is 1. The number of nitrogens with one attached hydrogen (secondary N) is 1. The van der Waals surface area contributed by atoms with Crippen LogP contribution in [0, 0.1) is 18.7 Å². The Labute approximate surface area is 220 Å². The smallest absolute Gasteiger partial charge is 0.421 e. The zero-order valence-corrected chi connectivity index (χ0v) is 22.8. The number of aromatic nitrogens is 2. The highest BCUT2D eigenvalue weighted by molar-refractivity contribution is 7.92. The third kappa shape index (κ3) is 6.58. The summed E-state index contributed by atoms with van der Waals surface area (Å²) in [6, 6.07) is 6.36. The van der Waals surface area contributed by atoms with Gasteiger partial charge >= 0.3 is 6.09 Å². The highest BCUT2D eigenvalue weighted by Gasteiger charge is 2.34. The van der Waals surface area contributed by atoms with Crippen LogP contribution in [0.15, 0.2) is 40.9 Å². The molecule has 8 nitrogen and oxygen atoms in total. The van der Waals surface area contributed by atoms with Crippen molar-refractivity contribution in [2.24, 2.45) is 5.92 Å². The van der Waals surface area contributed by atoms with Gasteiger partial charge in [-0.25, -0.2) is 27.3 Å². The molecule has 37 heavy (non-hydrogen) atoms. The molecule has 2 aromatic heterocycles. The van der Waals surface area contributed by atoms with Crippen LogP contribution < -0.4 is 4.72 Å². The van der Waals surface area contributed by atoms with Gasteiger partial charge in [0.05, 0.1) is 12.1 Å². The number of nitrogens with zero attached hydrogens (tertiary/aromatic N) is 2. The van der Waals surface area contributed by atoms with Crippen LogP contribution in [0.5, 0.6) is 0 Å². The maximum atomic E-state index is 15.1. The van der Waals surface area contributed by atoms with Gasteiger partial charge in [-0.2, -0.15) is 0 Å². The Morgan fingerprint density at radius 1 is 1.30 bits per heavy atom. The molecule has 0 unspecified atom stereocenters. The fourth-order valence-electron chi connectivity index (χ4n) is 4.49. The van der Waals surface area contributed by atoms with Crippen LogP contribution >= 0.6 is 11.3 Å². The fourth-order valence-corrected chi connectivity index (χ4v) is 7.33. The summed E-state index contributed by atoms with van der Waals surface area (Å²) in [5, 5.41) is 10.4. The molecule has 0 aliphatic heterocycles. The molecule has 11 heteroatoms. The predicted molar refractivity (Wildman–Crippen MR) is 139 cm³/mol. The van der Waals surface area contributed by atoms with Crippen LogP contribution in [0.1, 0.15) is 55.8 Å². The van der Waals surface area contributed by atoms with Gasteiger partial charge in [-0.1, -0.05) is 38.8 Å². The van der Waals surface area contributed by atoms with Gasteiger partial charge in [0.25, 0.3) is 10.0 Å². The van der Waals surface area contributed by atoms with Crippen molar-refractivity contribution < 1.29 is 27.4 Å². The van der Waals surface area contributed by atoms with Crippen LogP contribution in [0.25, 0.3) is 11.1 Å². The number of aliphatic hydroxyl groups is 1. The van der Waals surface area contributed by atoms with Gasteiger partial charge in [0.15, 0.2) is 0 Å². The van der Waals surface area contributed by atoms with E-state index < -0.39 is 27.5 Å². The topological polar surface area (TPSA) is 111 Å². The Morgan fingerprint density at radius 3 is 2.65 bits per heavy atom. The lowest BCUT2D eigenvalue weighted by atomic mass is 10.0. The number of hydrogen-bond acceptors (Lipinski definition) is 7. The molecule has 1 aliphatic carbocycles. The molecule has 3 aromatic rings. The number of halogens is 1. The van der Waals surface area contributed by atoms with E-state index in [1.54, 1.807) is 30.6 Å². The molecule has 200 valence electrons. The van der Waals surface area contributed by atoms with Gasteiger partial charge in [0.2, 0.25) is 0 Å². The van der Waals surface area contributed by atoms with Gasteiger partial charge in [-0.15, -0.1) is 11.3 Å². The summed E-state index contributed by atoms with van der Waals surface area (Å²) in [6.45, 7) is 5.89. The second-order valence-corrected chi connectivity index (χ2v) is 13.0. The number of carbonyl (C=O) groups is 1. The Morgan fingerprint density at radius 2 is 2.03 bits per heavy atom. The molecule has 0 bridgehead atoms. The van der Waals surface area contributed by atoms with E-state index in [0.29, 0.717) is 42.5 Å². The zero-order chi connectivity index (χ0) is 26.8. The van der Waals surface area contributed by atoms with Gasteiger partial charge in [0.1, 0.15) is 22.5 Å². The van der Waals surface area contributed by atoms with Crippen LogP contribution in [-0.4, -0.2) is 41.4 Å². The van der Waals surface area contributed by atoms with Gasteiger partial charge < -0.3 is 14.4 Å². The normalized spacial score (nSPS) is 15.3. The molecule has 0 radical (unpaired) electrons. The van der Waals surface area contributed by atoms with E-state index >= 15 is 4.39 Å². The fraction of sp³-hybridized carbons (Fsp3) is 0.462. The highest BCUT2D eigenvalue weighted by Crippen LogP contribution is 2.37. The number of benzene rings is 1. The Hall–Kier alpha value is -2.76. The highest BCUT2D eigenvalue weighted by atomic mass is 32.2. The van der Waals surface area contributed by atoms with Crippen molar-refractivity contribution in [2.75, 3.05) is 6.61 Å². The van der Waals surface area contributed by atoms with E-state index in [1.807, 2.05) is 30.1 Å². The third-order valence-corrected chi connectivity index (χ3v) is 9.46. The van der Waals surface area contributed by atoms with Gasteiger partial charge in [-0.3, -0.25) is 0 Å². The van der Waals surface area contributed by atoms with E-state index in [0.717, 1.165) is 34.9 Å². The lowest BCUT2D eigenvalue weighted by molar-refractivity contribution is -0.0150. The maximum Gasteiger partial charge on any atom is 0.421 e. The van der Waals surface area contributed by atoms with Crippen LogP contribution in [0.2, 0.25) is 0 Å². The third-order valence-electron chi connectivity index (χ3n) is 6.45. The molecule has 1 saturated carbocycles. The number of ether oxygens (including phenoxy) is 1. The lowest BCUT2D eigenvalue weighted by Gasteiger charge is -2.21. The number of aryl methyl sites for hydroxylation is 1. The summed E-state index contributed by atoms with van der Waals surface area (Å²) in [4.78, 5) is 17.3. The predicted octanol–water partition coefficient (Wildman–Crippen LogP) is 5.03. The van der Waals surface area contributed by atoms with Crippen molar-refractivity contribution in [3.05, 3.63) is 58.7 Å². The Balaban J connectivity index is 1.59. The quantitative estimate of drug-likeness (QED) is 0.388. The van der Waals surface area contributed by atoms with Crippen molar-refractivity contribution in [3.8, 4) is 11.1 Å². The molecule has 1 aromatic carbocycles. The number of hydrogen-bond donors (Lipinski definition) is 2. The van der Waals surface area contributed by atoms with E-state index in [1.165, 1.54) is 6.07 Å². The molecule has 1 fully saturated rings. The van der Waals surface area contributed by atoms with E-state index in [2.05, 4.69) is 4.98 Å². The minimum atomic E-state index is -4.31. The minimum Gasteiger partial charge on any atom is -0.446 e. The summed E-state index contributed by atoms with van der Waals surface area (Å²) < 4.78 is 50.3. The van der Waals surface area contributed by atoms with Crippen molar-refractivity contribution in [2.45, 2.75) is 69.2 Å². The summed E-state index contributed by atoms with van der Waals surface area (Å²) in [7, 11) is -4.31. The molecule has 0 atom stereocenters. The molecule has 2 N–H and O–H groups in total. The van der Waals surface area contributed by atoms with Crippen molar-refractivity contribution in [1.29, 1.82) is 0 Å². The second kappa shape index (κ2) is 10.9. The number of rotatable bonds is 9.